The minimum absolute atomic E-state index is 0.863. The lowest BCUT2D eigenvalue weighted by Gasteiger charge is -2.10. The van der Waals surface area contributed by atoms with Gasteiger partial charge in [-0.25, -0.2) is 10.4 Å². The van der Waals surface area contributed by atoms with Gasteiger partial charge in [0.2, 0.25) is 0 Å². The van der Waals surface area contributed by atoms with Crippen LogP contribution in [0.1, 0.15) is 0 Å². The second kappa shape index (κ2) is 4.03. The molecule has 17 heavy (non-hydrogen) atoms. The number of hydrazine groups is 1. The van der Waals surface area contributed by atoms with E-state index in [9.17, 15) is 0 Å². The van der Waals surface area contributed by atoms with Crippen LogP contribution in [-0.2, 0) is 0 Å². The molecule has 0 amide bonds. The number of nitrogens with one attached hydrogen (secondary N) is 2. The van der Waals surface area contributed by atoms with E-state index >= 15 is 0 Å². The normalized spacial score (nSPS) is 10.9. The second-order valence-corrected chi connectivity index (χ2v) is 3.90. The van der Waals surface area contributed by atoms with Gasteiger partial charge in [0.15, 0.2) is 0 Å². The largest absolute Gasteiger partial charge is 0.306 e. The van der Waals surface area contributed by atoms with E-state index in [2.05, 4.69) is 40.1 Å². The number of anilines is 1. The third-order valence-corrected chi connectivity index (χ3v) is 2.85. The zero-order valence-electron chi connectivity index (χ0n) is 9.57. The highest BCUT2D eigenvalue weighted by Crippen LogP contribution is 2.28. The number of hydrogen-bond donors (Lipinski definition) is 2. The van der Waals surface area contributed by atoms with Gasteiger partial charge >= 0.3 is 0 Å². The van der Waals surface area contributed by atoms with Gasteiger partial charge in [-0.3, -0.25) is 0 Å². The van der Waals surface area contributed by atoms with Crippen molar-refractivity contribution in [3.63, 3.8) is 0 Å². The lowest BCUT2D eigenvalue weighted by Crippen LogP contribution is -2.16. The van der Waals surface area contributed by atoms with E-state index in [1.807, 2.05) is 31.3 Å². The molecule has 0 spiro atoms. The Morgan fingerprint density at radius 1 is 0.824 bits per heavy atom. The Hall–Kier alpha value is -2.13. The fourth-order valence-electron chi connectivity index (χ4n) is 2.12. The summed E-state index contributed by atoms with van der Waals surface area (Å²) in [6.45, 7) is 0. The van der Waals surface area contributed by atoms with Crippen molar-refractivity contribution in [3.8, 4) is 0 Å². The van der Waals surface area contributed by atoms with E-state index < -0.39 is 0 Å². The molecule has 3 rings (SSSR count). The molecule has 84 valence electrons. The number of fused-ring (bicyclic) bond motifs is 3. The van der Waals surface area contributed by atoms with Crippen molar-refractivity contribution in [2.24, 2.45) is 0 Å². The number of aromatic nitrogens is 1. The maximum Gasteiger partial charge on any atom is 0.148 e. The molecule has 0 aliphatic carbocycles. The molecule has 3 nitrogen and oxygen atoms in total. The maximum atomic E-state index is 4.62. The van der Waals surface area contributed by atoms with E-state index in [4.69, 9.17) is 0 Å². The van der Waals surface area contributed by atoms with Gasteiger partial charge < -0.3 is 5.43 Å². The first kappa shape index (κ1) is 10.1. The van der Waals surface area contributed by atoms with E-state index in [-0.39, 0.29) is 0 Å². The van der Waals surface area contributed by atoms with Crippen molar-refractivity contribution < 1.29 is 0 Å². The molecule has 0 bridgehead atoms. The molecule has 3 aromatic rings. The number of para-hydroxylation sites is 1. The summed E-state index contributed by atoms with van der Waals surface area (Å²) < 4.78 is 0. The van der Waals surface area contributed by atoms with Crippen LogP contribution in [0.3, 0.4) is 0 Å². The molecule has 1 aromatic heterocycles. The minimum atomic E-state index is 0.863. The molecule has 0 aliphatic heterocycles. The fraction of sp³-hybridized carbons (Fsp3) is 0.0714. The molecule has 3 heteroatoms. The Morgan fingerprint density at radius 2 is 1.47 bits per heavy atom. The van der Waals surface area contributed by atoms with Gasteiger partial charge in [-0.05, 0) is 11.5 Å². The van der Waals surface area contributed by atoms with Crippen LogP contribution in [0.15, 0.2) is 48.5 Å². The van der Waals surface area contributed by atoms with Crippen molar-refractivity contribution in [3.05, 3.63) is 48.5 Å². The van der Waals surface area contributed by atoms with E-state index in [0.717, 1.165) is 16.7 Å². The smallest absolute Gasteiger partial charge is 0.148 e. The van der Waals surface area contributed by atoms with E-state index in [1.165, 1.54) is 10.8 Å². The third-order valence-electron chi connectivity index (χ3n) is 2.85. The lowest BCUT2D eigenvalue weighted by molar-refractivity contribution is 0.974. The topological polar surface area (TPSA) is 37.0 Å². The van der Waals surface area contributed by atoms with Crippen molar-refractivity contribution in [1.29, 1.82) is 0 Å². The Labute approximate surface area is 99.4 Å². The summed E-state index contributed by atoms with van der Waals surface area (Å²) >= 11 is 0. The van der Waals surface area contributed by atoms with Gasteiger partial charge in [0.25, 0.3) is 0 Å². The zero-order chi connectivity index (χ0) is 11.7. The molecule has 1 heterocycles. The van der Waals surface area contributed by atoms with Gasteiger partial charge in [0.05, 0.1) is 5.52 Å². The summed E-state index contributed by atoms with van der Waals surface area (Å²) in [5, 5.41) is 3.53. The van der Waals surface area contributed by atoms with Crippen molar-refractivity contribution >= 4 is 27.5 Å². The third kappa shape index (κ3) is 1.61. The quantitative estimate of drug-likeness (QED) is 0.518. The number of hydrogen-bond acceptors (Lipinski definition) is 3. The molecule has 0 unspecified atom stereocenters. The molecular formula is C14H13N3. The average Bonchev–Trinajstić information content (AvgIpc) is 2.39. The predicted molar refractivity (Wildman–Crippen MR) is 71.9 cm³/mol. The monoisotopic (exact) mass is 223 g/mol. The Balaban J connectivity index is 2.45. The SMILES string of the molecule is CNNc1nc2ccccc2c2ccccc12. The summed E-state index contributed by atoms with van der Waals surface area (Å²) in [5.41, 5.74) is 7.01. The molecule has 2 aromatic carbocycles. The maximum absolute atomic E-state index is 4.62. The summed E-state index contributed by atoms with van der Waals surface area (Å²) in [6, 6.07) is 16.5. The van der Waals surface area contributed by atoms with Gasteiger partial charge in [-0.1, -0.05) is 42.5 Å². The predicted octanol–water partition coefficient (Wildman–Crippen LogP) is 2.93. The summed E-state index contributed by atoms with van der Waals surface area (Å²) in [4.78, 5) is 4.62. The van der Waals surface area contributed by atoms with Crippen LogP contribution < -0.4 is 10.9 Å². The zero-order valence-corrected chi connectivity index (χ0v) is 9.57. The van der Waals surface area contributed by atoms with Crippen LogP contribution in [0.2, 0.25) is 0 Å². The highest BCUT2D eigenvalue weighted by atomic mass is 15.4. The number of rotatable bonds is 2. The number of pyridine rings is 1. The summed E-state index contributed by atoms with van der Waals surface area (Å²) in [7, 11) is 1.84. The molecule has 0 saturated heterocycles. The van der Waals surface area contributed by atoms with Gasteiger partial charge in [-0.2, -0.15) is 0 Å². The summed E-state index contributed by atoms with van der Waals surface area (Å²) in [5.74, 6) is 0.863. The Bertz CT molecular complexity index is 676. The van der Waals surface area contributed by atoms with E-state index in [1.54, 1.807) is 0 Å². The highest BCUT2D eigenvalue weighted by molar-refractivity contribution is 6.09. The molecule has 0 fully saturated rings. The highest BCUT2D eigenvalue weighted by Gasteiger charge is 2.06. The van der Waals surface area contributed by atoms with Crippen molar-refractivity contribution in [2.45, 2.75) is 0 Å². The van der Waals surface area contributed by atoms with Crippen LogP contribution in [0, 0.1) is 0 Å². The molecule has 0 atom stereocenters. The first-order valence-electron chi connectivity index (χ1n) is 5.60. The first-order chi connectivity index (χ1) is 8.40. The molecule has 0 saturated carbocycles. The molecule has 0 radical (unpaired) electrons. The second-order valence-electron chi connectivity index (χ2n) is 3.90. The van der Waals surface area contributed by atoms with Crippen LogP contribution in [0.25, 0.3) is 21.7 Å². The number of benzene rings is 2. The van der Waals surface area contributed by atoms with Gasteiger partial charge in [0, 0.05) is 17.8 Å². The van der Waals surface area contributed by atoms with Crippen molar-refractivity contribution in [1.82, 2.24) is 10.4 Å². The molecule has 0 aliphatic rings. The summed E-state index contributed by atoms with van der Waals surface area (Å²) in [6.07, 6.45) is 0. The van der Waals surface area contributed by atoms with Gasteiger partial charge in [-0.15, -0.1) is 0 Å². The van der Waals surface area contributed by atoms with Crippen LogP contribution in [0.4, 0.5) is 5.82 Å². The Morgan fingerprint density at radius 3 is 2.24 bits per heavy atom. The molecule has 2 N–H and O–H groups in total. The van der Waals surface area contributed by atoms with E-state index in [0.29, 0.717) is 0 Å². The van der Waals surface area contributed by atoms with Gasteiger partial charge in [0.1, 0.15) is 5.82 Å². The van der Waals surface area contributed by atoms with Crippen LogP contribution in [0.5, 0.6) is 0 Å². The van der Waals surface area contributed by atoms with Crippen LogP contribution in [-0.4, -0.2) is 12.0 Å². The average molecular weight is 223 g/mol. The first-order valence-corrected chi connectivity index (χ1v) is 5.60. The standard InChI is InChI=1S/C14H13N3/c1-15-17-14-12-8-3-2-6-10(12)11-7-4-5-9-13(11)16-14/h2-9,15H,1H3,(H,16,17). The fourth-order valence-corrected chi connectivity index (χ4v) is 2.12. The minimum Gasteiger partial charge on any atom is -0.306 e. The number of nitrogens with zero attached hydrogens (tertiary/aromatic N) is 1. The van der Waals surface area contributed by atoms with Crippen LogP contribution >= 0.6 is 0 Å². The lowest BCUT2D eigenvalue weighted by atomic mass is 10.1. The van der Waals surface area contributed by atoms with Crippen molar-refractivity contribution in [2.75, 3.05) is 12.5 Å². The Kier molecular flexibility index (Phi) is 2.38. The molecular weight excluding hydrogens is 210 g/mol.